The molecule has 3 rings (SSSR count). The molecular formula is C21H21Cl2N3O3. The number of Topliss-reactive ketones (excluding diaryl/α,β-unsaturated/α-hetero) is 1. The summed E-state index contributed by atoms with van der Waals surface area (Å²) < 4.78 is 10.5. The summed E-state index contributed by atoms with van der Waals surface area (Å²) in [7, 11) is 2.94. The Morgan fingerprint density at radius 2 is 1.86 bits per heavy atom. The lowest BCUT2D eigenvalue weighted by molar-refractivity contribution is 0.0926. The van der Waals surface area contributed by atoms with E-state index in [4.69, 9.17) is 32.7 Å². The minimum atomic E-state index is -0.0725. The van der Waals surface area contributed by atoms with Gasteiger partial charge in [0.15, 0.2) is 17.3 Å². The predicted molar refractivity (Wildman–Crippen MR) is 114 cm³/mol. The molecule has 0 aliphatic carbocycles. The monoisotopic (exact) mass is 433 g/mol. The van der Waals surface area contributed by atoms with Crippen LogP contribution < -0.4 is 14.4 Å². The zero-order valence-electron chi connectivity index (χ0n) is 16.2. The minimum absolute atomic E-state index is 0.0725. The largest absolute Gasteiger partial charge is 0.493 e. The third-order valence-electron chi connectivity index (χ3n) is 4.93. The Labute approximate surface area is 180 Å². The third-order valence-corrected chi connectivity index (χ3v) is 5.74. The third kappa shape index (κ3) is 4.59. The van der Waals surface area contributed by atoms with Crippen molar-refractivity contribution in [2.45, 2.75) is 0 Å². The van der Waals surface area contributed by atoms with E-state index in [0.29, 0.717) is 40.2 Å². The van der Waals surface area contributed by atoms with Crippen LogP contribution in [-0.2, 0) is 0 Å². The van der Waals surface area contributed by atoms with Crippen LogP contribution in [0.1, 0.15) is 15.9 Å². The maximum Gasteiger partial charge on any atom is 0.178 e. The molecule has 0 aromatic heterocycles. The molecule has 1 aliphatic heterocycles. The first-order chi connectivity index (χ1) is 14.0. The summed E-state index contributed by atoms with van der Waals surface area (Å²) in [5, 5.41) is 10.4. The van der Waals surface area contributed by atoms with Crippen molar-refractivity contribution >= 4 is 34.7 Å². The summed E-state index contributed by atoms with van der Waals surface area (Å²) in [5.74, 6) is 0.630. The quantitative estimate of drug-likeness (QED) is 0.643. The van der Waals surface area contributed by atoms with Crippen LogP contribution in [0.25, 0.3) is 0 Å². The topological polar surface area (TPSA) is 65.8 Å². The van der Waals surface area contributed by atoms with Crippen molar-refractivity contribution in [3.63, 3.8) is 0 Å². The molecule has 2 aromatic rings. The van der Waals surface area contributed by atoms with Crippen LogP contribution in [0.3, 0.4) is 0 Å². The van der Waals surface area contributed by atoms with E-state index >= 15 is 0 Å². The normalized spacial score (nSPS) is 14.4. The number of benzene rings is 2. The number of piperazine rings is 1. The second-order valence-corrected chi connectivity index (χ2v) is 7.42. The number of nitrogens with zero attached hydrogens (tertiary/aromatic N) is 3. The van der Waals surface area contributed by atoms with Gasteiger partial charge in [-0.2, -0.15) is 5.26 Å². The summed E-state index contributed by atoms with van der Waals surface area (Å²) >= 11 is 12.4. The van der Waals surface area contributed by atoms with Gasteiger partial charge in [0.2, 0.25) is 0 Å². The Kier molecular flexibility index (Phi) is 6.86. The number of nitriles is 1. The number of anilines is 1. The maximum absolute atomic E-state index is 12.8. The van der Waals surface area contributed by atoms with Crippen molar-refractivity contribution in [3.8, 4) is 17.6 Å². The van der Waals surface area contributed by atoms with Crippen molar-refractivity contribution in [1.82, 2.24) is 4.90 Å². The zero-order valence-corrected chi connectivity index (χ0v) is 17.8. The molecule has 152 valence electrons. The molecule has 1 heterocycles. The maximum atomic E-state index is 12.8. The second-order valence-electron chi connectivity index (χ2n) is 6.63. The van der Waals surface area contributed by atoms with Crippen molar-refractivity contribution in [2.24, 2.45) is 0 Å². The Hall–Kier alpha value is -2.46. The Morgan fingerprint density at radius 1 is 1.14 bits per heavy atom. The fourth-order valence-corrected chi connectivity index (χ4v) is 3.80. The molecule has 0 amide bonds. The Morgan fingerprint density at radius 3 is 2.48 bits per heavy atom. The lowest BCUT2D eigenvalue weighted by Crippen LogP contribution is -2.48. The molecule has 0 unspecified atom stereocenters. The standard InChI is InChI=1S/C21H21Cl2N3O3/c1-28-19-11-14(10-15(12-24)21(19)29-2)18(27)13-25-6-8-26(9-7-25)17-5-3-4-16(22)20(17)23/h3-5,10-11H,6-9,13H2,1-2H3. The number of halogens is 2. The number of carbonyl (C=O) groups is 1. The number of hydrogen-bond donors (Lipinski definition) is 0. The Bertz CT molecular complexity index is 951. The summed E-state index contributed by atoms with van der Waals surface area (Å²) in [6.07, 6.45) is 0. The highest BCUT2D eigenvalue weighted by Gasteiger charge is 2.23. The van der Waals surface area contributed by atoms with Crippen LogP contribution >= 0.6 is 23.2 Å². The lowest BCUT2D eigenvalue weighted by Gasteiger charge is -2.36. The van der Waals surface area contributed by atoms with E-state index in [2.05, 4.69) is 15.9 Å². The Balaban J connectivity index is 1.67. The molecule has 1 saturated heterocycles. The van der Waals surface area contributed by atoms with Gasteiger partial charge >= 0.3 is 0 Å². The van der Waals surface area contributed by atoms with Crippen LogP contribution in [0.15, 0.2) is 30.3 Å². The number of methoxy groups -OCH3 is 2. The average molecular weight is 434 g/mol. The van der Waals surface area contributed by atoms with Crippen LogP contribution in [-0.4, -0.2) is 57.6 Å². The van der Waals surface area contributed by atoms with Crippen LogP contribution in [0.5, 0.6) is 11.5 Å². The first-order valence-corrected chi connectivity index (χ1v) is 9.84. The highest BCUT2D eigenvalue weighted by atomic mass is 35.5. The second kappa shape index (κ2) is 9.36. The van der Waals surface area contributed by atoms with Gasteiger partial charge in [0.05, 0.1) is 42.1 Å². The van der Waals surface area contributed by atoms with Crippen molar-refractivity contribution in [2.75, 3.05) is 51.8 Å². The molecule has 1 fully saturated rings. The van der Waals surface area contributed by atoms with Gasteiger partial charge < -0.3 is 14.4 Å². The zero-order chi connectivity index (χ0) is 21.0. The first kappa shape index (κ1) is 21.3. The molecule has 0 radical (unpaired) electrons. The fourth-order valence-electron chi connectivity index (χ4n) is 3.39. The lowest BCUT2D eigenvalue weighted by atomic mass is 10.0. The summed E-state index contributed by atoms with van der Waals surface area (Å²) in [5.41, 5.74) is 1.61. The van der Waals surface area contributed by atoms with E-state index in [1.54, 1.807) is 18.2 Å². The highest BCUT2D eigenvalue weighted by molar-refractivity contribution is 6.43. The van der Waals surface area contributed by atoms with Gasteiger partial charge in [-0.3, -0.25) is 9.69 Å². The van der Waals surface area contributed by atoms with Crippen molar-refractivity contribution in [3.05, 3.63) is 51.5 Å². The van der Waals surface area contributed by atoms with E-state index < -0.39 is 0 Å². The molecule has 8 heteroatoms. The number of carbonyl (C=O) groups excluding carboxylic acids is 1. The fraction of sp³-hybridized carbons (Fsp3) is 0.333. The number of ketones is 1. The molecule has 29 heavy (non-hydrogen) atoms. The van der Waals surface area contributed by atoms with Gasteiger partial charge in [-0.05, 0) is 24.3 Å². The molecular weight excluding hydrogens is 413 g/mol. The van der Waals surface area contributed by atoms with E-state index in [0.717, 1.165) is 18.8 Å². The first-order valence-electron chi connectivity index (χ1n) is 9.09. The number of ether oxygens (including phenoxy) is 2. The van der Waals surface area contributed by atoms with Gasteiger partial charge in [0.1, 0.15) is 6.07 Å². The smallest absolute Gasteiger partial charge is 0.178 e. The number of rotatable bonds is 6. The molecule has 6 nitrogen and oxygen atoms in total. The van der Waals surface area contributed by atoms with Gasteiger partial charge in [-0.15, -0.1) is 0 Å². The van der Waals surface area contributed by atoms with E-state index in [1.165, 1.54) is 14.2 Å². The highest BCUT2D eigenvalue weighted by Crippen LogP contribution is 2.34. The summed E-state index contributed by atoms with van der Waals surface area (Å²) in [4.78, 5) is 17.0. The van der Waals surface area contributed by atoms with Crippen molar-refractivity contribution in [1.29, 1.82) is 5.26 Å². The molecule has 0 bridgehead atoms. The molecule has 0 saturated carbocycles. The predicted octanol–water partition coefficient (Wildman–Crippen LogP) is 3.89. The summed E-state index contributed by atoms with van der Waals surface area (Å²) in [6.45, 7) is 3.17. The summed E-state index contributed by atoms with van der Waals surface area (Å²) in [6, 6.07) is 10.8. The van der Waals surface area contributed by atoms with Crippen LogP contribution in [0.2, 0.25) is 10.0 Å². The van der Waals surface area contributed by atoms with Crippen LogP contribution in [0.4, 0.5) is 5.69 Å². The SMILES string of the molecule is COc1cc(C(=O)CN2CCN(c3cccc(Cl)c3Cl)CC2)cc(C#N)c1OC. The van der Waals surface area contributed by atoms with Crippen LogP contribution in [0, 0.1) is 11.3 Å². The van der Waals surface area contributed by atoms with Crippen molar-refractivity contribution < 1.29 is 14.3 Å². The average Bonchev–Trinajstić information content (AvgIpc) is 2.75. The molecule has 0 N–H and O–H groups in total. The van der Waals surface area contributed by atoms with Gasteiger partial charge in [0.25, 0.3) is 0 Å². The molecule has 0 spiro atoms. The molecule has 1 aliphatic rings. The van der Waals surface area contributed by atoms with E-state index in [9.17, 15) is 10.1 Å². The van der Waals surface area contributed by atoms with Gasteiger partial charge in [-0.25, -0.2) is 0 Å². The number of hydrogen-bond acceptors (Lipinski definition) is 6. The van der Waals surface area contributed by atoms with E-state index in [1.807, 2.05) is 12.1 Å². The minimum Gasteiger partial charge on any atom is -0.493 e. The van der Waals surface area contributed by atoms with E-state index in [-0.39, 0.29) is 17.9 Å². The molecule has 2 aromatic carbocycles. The molecule has 0 atom stereocenters. The van der Waals surface area contributed by atoms with Gasteiger partial charge in [0, 0.05) is 31.7 Å². The van der Waals surface area contributed by atoms with Gasteiger partial charge in [-0.1, -0.05) is 29.3 Å².